The van der Waals surface area contributed by atoms with Gasteiger partial charge in [-0.25, -0.2) is 0 Å². The van der Waals surface area contributed by atoms with Crippen LogP contribution in [0.3, 0.4) is 0 Å². The Morgan fingerprint density at radius 2 is 1.65 bits per heavy atom. The maximum Gasteiger partial charge on any atom is 0.255 e. The Balaban J connectivity index is 1.38. The van der Waals surface area contributed by atoms with Crippen molar-refractivity contribution in [1.82, 2.24) is 10.2 Å². The number of hydrogen-bond acceptors (Lipinski definition) is 5. The number of nitrogens with one attached hydrogen (secondary N) is 2. The topological polar surface area (TPSA) is 73.9 Å². The first kappa shape index (κ1) is 27.1. The predicted octanol–water partition coefficient (Wildman–Crippen LogP) is 4.72. The van der Waals surface area contributed by atoms with Crippen molar-refractivity contribution < 1.29 is 14.3 Å². The number of carbonyl (C=O) groups excluding carboxylic acids is 2. The van der Waals surface area contributed by atoms with Gasteiger partial charge in [0.2, 0.25) is 0 Å². The van der Waals surface area contributed by atoms with Gasteiger partial charge in [0.15, 0.2) is 0 Å². The van der Waals surface area contributed by atoms with Crippen molar-refractivity contribution in [2.24, 2.45) is 0 Å². The van der Waals surface area contributed by atoms with E-state index >= 15 is 0 Å². The highest BCUT2D eigenvalue weighted by Gasteiger charge is 2.21. The van der Waals surface area contributed by atoms with Gasteiger partial charge in [-0.3, -0.25) is 14.5 Å². The molecule has 7 nitrogen and oxygen atoms in total. The molecule has 2 fully saturated rings. The van der Waals surface area contributed by atoms with E-state index in [1.165, 1.54) is 24.8 Å². The standard InChI is InChI=1S/C30H42N4O3/c1-2-3-4-8-24-9-11-25(12-10-24)29(35)32-26-13-14-28(34-17-5-6-18-34)27(23-26)30(36)31-15-7-16-33-19-21-37-22-20-33/h9-14,23H,2-8,15-22H2,1H3,(H,31,36)(H,32,35). The predicted molar refractivity (Wildman–Crippen MR) is 150 cm³/mol. The molecule has 0 unspecified atom stereocenters. The third-order valence-electron chi connectivity index (χ3n) is 7.27. The molecule has 2 saturated heterocycles. The van der Waals surface area contributed by atoms with Crippen LogP contribution in [0.4, 0.5) is 11.4 Å². The van der Waals surface area contributed by atoms with Crippen molar-refractivity contribution in [1.29, 1.82) is 0 Å². The summed E-state index contributed by atoms with van der Waals surface area (Å²) in [7, 11) is 0. The fourth-order valence-corrected chi connectivity index (χ4v) is 5.06. The number of benzene rings is 2. The van der Waals surface area contributed by atoms with Crippen LogP contribution in [-0.2, 0) is 11.2 Å². The smallest absolute Gasteiger partial charge is 0.255 e. The van der Waals surface area contributed by atoms with E-state index < -0.39 is 0 Å². The number of morpholine rings is 1. The largest absolute Gasteiger partial charge is 0.379 e. The Morgan fingerprint density at radius 1 is 0.892 bits per heavy atom. The van der Waals surface area contributed by atoms with E-state index in [9.17, 15) is 9.59 Å². The zero-order chi connectivity index (χ0) is 25.9. The molecule has 2 amide bonds. The number of rotatable bonds is 12. The number of ether oxygens (including phenoxy) is 1. The van der Waals surface area contributed by atoms with E-state index in [2.05, 4.69) is 27.4 Å². The van der Waals surface area contributed by atoms with Crippen LogP contribution in [0.2, 0.25) is 0 Å². The molecular formula is C30H42N4O3. The Kier molecular flexibility index (Phi) is 10.4. The van der Waals surface area contributed by atoms with Crippen molar-refractivity contribution in [3.05, 3.63) is 59.2 Å². The number of aryl methyl sites for hydroxylation is 1. The lowest BCUT2D eigenvalue weighted by molar-refractivity contribution is 0.0374. The van der Waals surface area contributed by atoms with Gasteiger partial charge in [-0.15, -0.1) is 0 Å². The first-order valence-corrected chi connectivity index (χ1v) is 14.0. The van der Waals surface area contributed by atoms with Gasteiger partial charge in [-0.2, -0.15) is 0 Å². The van der Waals surface area contributed by atoms with E-state index in [0.29, 0.717) is 23.4 Å². The maximum atomic E-state index is 13.2. The van der Waals surface area contributed by atoms with Crippen LogP contribution in [-0.4, -0.2) is 69.2 Å². The van der Waals surface area contributed by atoms with Crippen LogP contribution in [0.5, 0.6) is 0 Å². The van der Waals surface area contributed by atoms with E-state index in [1.807, 2.05) is 42.5 Å². The van der Waals surface area contributed by atoms with Crippen molar-refractivity contribution in [2.45, 2.75) is 51.9 Å². The number of anilines is 2. The van der Waals surface area contributed by atoms with Gasteiger partial charge in [0.05, 0.1) is 18.8 Å². The van der Waals surface area contributed by atoms with Gasteiger partial charge < -0.3 is 20.3 Å². The number of carbonyl (C=O) groups is 2. The van der Waals surface area contributed by atoms with Gasteiger partial charge in [-0.05, 0) is 74.5 Å². The second-order valence-corrected chi connectivity index (χ2v) is 10.1. The Bertz CT molecular complexity index is 1010. The van der Waals surface area contributed by atoms with Crippen LogP contribution < -0.4 is 15.5 Å². The molecule has 7 heteroatoms. The van der Waals surface area contributed by atoms with Crippen molar-refractivity contribution in [3.63, 3.8) is 0 Å². The summed E-state index contributed by atoms with van der Waals surface area (Å²) in [6.07, 6.45) is 7.80. The molecular weight excluding hydrogens is 464 g/mol. The molecule has 0 radical (unpaired) electrons. The number of amides is 2. The molecule has 4 rings (SSSR count). The summed E-state index contributed by atoms with van der Waals surface area (Å²) in [5.74, 6) is -0.248. The summed E-state index contributed by atoms with van der Waals surface area (Å²) < 4.78 is 5.41. The molecule has 37 heavy (non-hydrogen) atoms. The number of hydrogen-bond donors (Lipinski definition) is 2. The molecule has 0 bridgehead atoms. The minimum absolute atomic E-state index is 0.0867. The first-order chi connectivity index (χ1) is 18.1. The zero-order valence-electron chi connectivity index (χ0n) is 22.3. The number of nitrogens with zero attached hydrogens (tertiary/aromatic N) is 2. The van der Waals surface area contributed by atoms with E-state index in [4.69, 9.17) is 4.74 Å². The summed E-state index contributed by atoms with van der Waals surface area (Å²) in [6.45, 7) is 9.16. The lowest BCUT2D eigenvalue weighted by atomic mass is 10.0. The lowest BCUT2D eigenvalue weighted by Crippen LogP contribution is -2.38. The fourth-order valence-electron chi connectivity index (χ4n) is 5.06. The summed E-state index contributed by atoms with van der Waals surface area (Å²) in [4.78, 5) is 30.8. The minimum atomic E-state index is -0.161. The average Bonchev–Trinajstić information content (AvgIpc) is 3.47. The molecule has 200 valence electrons. The second kappa shape index (κ2) is 14.1. The first-order valence-electron chi connectivity index (χ1n) is 14.0. The fraction of sp³-hybridized carbons (Fsp3) is 0.533. The molecule has 0 saturated carbocycles. The van der Waals surface area contributed by atoms with Gasteiger partial charge >= 0.3 is 0 Å². The highest BCUT2D eigenvalue weighted by atomic mass is 16.5. The molecule has 2 heterocycles. The lowest BCUT2D eigenvalue weighted by Gasteiger charge is -2.26. The Hall–Kier alpha value is -2.90. The summed E-state index contributed by atoms with van der Waals surface area (Å²) in [6, 6.07) is 13.5. The molecule has 0 aromatic heterocycles. The molecule has 2 aliphatic heterocycles. The molecule has 2 aromatic carbocycles. The molecule has 0 aliphatic carbocycles. The molecule has 2 aliphatic rings. The van der Waals surface area contributed by atoms with Gasteiger partial charge in [-0.1, -0.05) is 31.9 Å². The normalized spacial score (nSPS) is 16.1. The maximum absolute atomic E-state index is 13.2. The highest BCUT2D eigenvalue weighted by Crippen LogP contribution is 2.28. The Labute approximate surface area is 221 Å². The SMILES string of the molecule is CCCCCc1ccc(C(=O)Nc2ccc(N3CCCC3)c(C(=O)NCCCN3CCOCC3)c2)cc1. The minimum Gasteiger partial charge on any atom is -0.379 e. The average molecular weight is 507 g/mol. The summed E-state index contributed by atoms with van der Waals surface area (Å²) >= 11 is 0. The van der Waals surface area contributed by atoms with Crippen molar-refractivity contribution in [2.75, 3.05) is 62.7 Å². The molecule has 0 atom stereocenters. The Morgan fingerprint density at radius 3 is 2.38 bits per heavy atom. The number of unbranched alkanes of at least 4 members (excludes halogenated alkanes) is 2. The van der Waals surface area contributed by atoms with Crippen LogP contribution in [0, 0.1) is 0 Å². The van der Waals surface area contributed by atoms with E-state index in [-0.39, 0.29) is 11.8 Å². The van der Waals surface area contributed by atoms with Crippen LogP contribution in [0.1, 0.15) is 71.7 Å². The molecule has 2 N–H and O–H groups in total. The quantitative estimate of drug-likeness (QED) is 0.408. The zero-order valence-corrected chi connectivity index (χ0v) is 22.3. The van der Waals surface area contributed by atoms with Gasteiger partial charge in [0, 0.05) is 49.7 Å². The van der Waals surface area contributed by atoms with E-state index in [0.717, 1.165) is 77.3 Å². The molecule has 0 spiro atoms. The van der Waals surface area contributed by atoms with Crippen LogP contribution >= 0.6 is 0 Å². The van der Waals surface area contributed by atoms with Gasteiger partial charge in [0.1, 0.15) is 0 Å². The summed E-state index contributed by atoms with van der Waals surface area (Å²) in [5.41, 5.74) is 4.08. The third kappa shape index (κ3) is 8.04. The van der Waals surface area contributed by atoms with Crippen molar-refractivity contribution in [3.8, 4) is 0 Å². The van der Waals surface area contributed by atoms with Crippen LogP contribution in [0.15, 0.2) is 42.5 Å². The summed E-state index contributed by atoms with van der Waals surface area (Å²) in [5, 5.41) is 6.10. The molecule has 2 aromatic rings. The third-order valence-corrected chi connectivity index (χ3v) is 7.27. The van der Waals surface area contributed by atoms with Gasteiger partial charge in [0.25, 0.3) is 11.8 Å². The van der Waals surface area contributed by atoms with E-state index in [1.54, 1.807) is 0 Å². The highest BCUT2D eigenvalue weighted by molar-refractivity contribution is 6.06. The second-order valence-electron chi connectivity index (χ2n) is 10.1. The van der Waals surface area contributed by atoms with Crippen LogP contribution in [0.25, 0.3) is 0 Å². The van der Waals surface area contributed by atoms with Crippen molar-refractivity contribution >= 4 is 23.2 Å². The monoisotopic (exact) mass is 506 g/mol.